The smallest absolute Gasteiger partial charge is 0.213 e. The zero-order valence-corrected chi connectivity index (χ0v) is 9.05. The van der Waals surface area contributed by atoms with E-state index in [1.54, 1.807) is 0 Å². The highest BCUT2D eigenvalue weighted by molar-refractivity contribution is 6.26. The van der Waals surface area contributed by atoms with Crippen molar-refractivity contribution < 1.29 is 9.83 Å². The molecule has 0 spiro atoms. The Hall–Kier alpha value is 0.137. The topological polar surface area (TPSA) is 29.1 Å². The molecule has 0 unspecified atom stereocenters. The summed E-state index contributed by atoms with van der Waals surface area (Å²) in [5.74, 6) is 0.822. The standard InChI is InChI=1S/C8H19O2Si/c1-8(2)6-4-3-5-7-11-10-9/h8H,3-7,11H2,1-2H3. The second kappa shape index (κ2) is 8.24. The van der Waals surface area contributed by atoms with Gasteiger partial charge in [0.2, 0.25) is 9.76 Å². The largest absolute Gasteiger partial charge is 0.263 e. The molecule has 0 heterocycles. The van der Waals surface area contributed by atoms with Crippen molar-refractivity contribution in [3.63, 3.8) is 0 Å². The fourth-order valence-corrected chi connectivity index (χ4v) is 1.74. The number of rotatable bonds is 7. The molecule has 1 radical (unpaired) electrons. The fourth-order valence-electron chi connectivity index (χ4n) is 1.07. The van der Waals surface area contributed by atoms with Crippen LogP contribution in [0.2, 0.25) is 6.04 Å². The van der Waals surface area contributed by atoms with E-state index in [0.29, 0.717) is 0 Å². The summed E-state index contributed by atoms with van der Waals surface area (Å²) in [5.41, 5.74) is 0. The van der Waals surface area contributed by atoms with Crippen molar-refractivity contribution in [2.24, 2.45) is 5.92 Å². The summed E-state index contributed by atoms with van der Waals surface area (Å²) in [6.07, 6.45) is 5.10. The molecular formula is C8H19O2Si. The predicted octanol–water partition coefficient (Wildman–Crippen LogP) is 2.07. The Morgan fingerprint density at radius 1 is 1.27 bits per heavy atom. The van der Waals surface area contributed by atoms with Crippen molar-refractivity contribution in [3.05, 3.63) is 0 Å². The quantitative estimate of drug-likeness (QED) is 0.252. The SMILES string of the molecule is CC(C)CCCCC[SiH2]O[O]. The highest BCUT2D eigenvalue weighted by Gasteiger charge is 1.94. The molecule has 0 saturated heterocycles. The fraction of sp³-hybridized carbons (Fsp3) is 1.00. The minimum Gasteiger partial charge on any atom is -0.263 e. The molecule has 67 valence electrons. The average Bonchev–Trinajstić information content (AvgIpc) is 1.96. The van der Waals surface area contributed by atoms with E-state index in [4.69, 9.17) is 0 Å². The molecule has 0 amide bonds. The zero-order valence-electron chi connectivity index (χ0n) is 7.64. The van der Waals surface area contributed by atoms with E-state index in [2.05, 4.69) is 18.4 Å². The van der Waals surface area contributed by atoms with Gasteiger partial charge in [0.15, 0.2) is 0 Å². The molecule has 11 heavy (non-hydrogen) atoms. The summed E-state index contributed by atoms with van der Waals surface area (Å²) in [6.45, 7) is 4.49. The van der Waals surface area contributed by atoms with Crippen molar-refractivity contribution in [3.8, 4) is 0 Å². The van der Waals surface area contributed by atoms with Gasteiger partial charge in [-0.15, -0.1) is 0 Å². The van der Waals surface area contributed by atoms with E-state index in [0.717, 1.165) is 12.0 Å². The molecule has 0 saturated carbocycles. The molecule has 0 aliphatic carbocycles. The lowest BCUT2D eigenvalue weighted by Crippen LogP contribution is -1.92. The molecule has 0 aromatic rings. The van der Waals surface area contributed by atoms with Crippen LogP contribution in [-0.2, 0) is 9.83 Å². The lowest BCUT2D eigenvalue weighted by Gasteiger charge is -2.02. The molecule has 0 rings (SSSR count). The number of hydrogen-bond donors (Lipinski definition) is 0. The van der Waals surface area contributed by atoms with Gasteiger partial charge >= 0.3 is 0 Å². The third-order valence-electron chi connectivity index (χ3n) is 1.76. The number of hydrogen-bond acceptors (Lipinski definition) is 1. The van der Waals surface area contributed by atoms with E-state index < -0.39 is 9.76 Å². The predicted molar refractivity (Wildman–Crippen MR) is 48.4 cm³/mol. The van der Waals surface area contributed by atoms with Crippen molar-refractivity contribution in [1.29, 1.82) is 0 Å². The zero-order chi connectivity index (χ0) is 8.53. The monoisotopic (exact) mass is 175 g/mol. The summed E-state index contributed by atoms with van der Waals surface area (Å²) >= 11 is 0. The Morgan fingerprint density at radius 3 is 2.55 bits per heavy atom. The molecule has 0 aromatic carbocycles. The molecule has 0 N–H and O–H groups in total. The highest BCUT2D eigenvalue weighted by atomic mass is 28.2. The Labute approximate surface area is 71.8 Å². The molecule has 0 atom stereocenters. The first-order valence-corrected chi connectivity index (χ1v) is 6.10. The van der Waals surface area contributed by atoms with Crippen LogP contribution in [0, 0.1) is 5.92 Å². The average molecular weight is 175 g/mol. The maximum Gasteiger partial charge on any atom is 0.213 e. The second-order valence-corrected chi connectivity index (χ2v) is 4.77. The molecule has 2 nitrogen and oxygen atoms in total. The first kappa shape index (κ1) is 11.1. The van der Waals surface area contributed by atoms with Crippen LogP contribution in [0.5, 0.6) is 0 Å². The highest BCUT2D eigenvalue weighted by Crippen LogP contribution is 2.09. The third-order valence-corrected chi connectivity index (χ3v) is 2.71. The van der Waals surface area contributed by atoms with Gasteiger partial charge in [-0.25, -0.2) is 0 Å². The van der Waals surface area contributed by atoms with Gasteiger partial charge in [0.1, 0.15) is 0 Å². The van der Waals surface area contributed by atoms with Crippen LogP contribution in [0.15, 0.2) is 0 Å². The summed E-state index contributed by atoms with van der Waals surface area (Å²) in [4.78, 5) is 0. The normalized spacial score (nSPS) is 12.0. The molecule has 0 aliphatic heterocycles. The Kier molecular flexibility index (Phi) is 8.34. The van der Waals surface area contributed by atoms with Crippen molar-refractivity contribution in [2.75, 3.05) is 0 Å². The van der Waals surface area contributed by atoms with Crippen molar-refractivity contribution in [2.45, 2.75) is 45.6 Å². The van der Waals surface area contributed by atoms with Crippen molar-refractivity contribution >= 4 is 9.76 Å². The van der Waals surface area contributed by atoms with E-state index in [1.807, 2.05) is 0 Å². The first-order chi connectivity index (χ1) is 5.27. The van der Waals surface area contributed by atoms with Gasteiger partial charge in [0.25, 0.3) is 0 Å². The summed E-state index contributed by atoms with van der Waals surface area (Å²) in [5, 5.41) is 9.63. The van der Waals surface area contributed by atoms with Gasteiger partial charge in [-0.1, -0.05) is 44.8 Å². The minimum atomic E-state index is -0.681. The van der Waals surface area contributed by atoms with Crippen LogP contribution in [0.1, 0.15) is 39.5 Å². The maximum atomic E-state index is 9.63. The van der Waals surface area contributed by atoms with Crippen molar-refractivity contribution in [1.82, 2.24) is 0 Å². The van der Waals surface area contributed by atoms with Gasteiger partial charge in [0, 0.05) is 0 Å². The maximum absolute atomic E-state index is 9.63. The number of unbranched alkanes of at least 4 members (excludes halogenated alkanes) is 2. The van der Waals surface area contributed by atoms with Crippen LogP contribution in [0.3, 0.4) is 0 Å². The molecule has 0 aliphatic rings. The van der Waals surface area contributed by atoms with Gasteiger partial charge < -0.3 is 0 Å². The summed E-state index contributed by atoms with van der Waals surface area (Å²) in [6, 6.07) is 1.06. The summed E-state index contributed by atoms with van der Waals surface area (Å²) in [7, 11) is -0.681. The van der Waals surface area contributed by atoms with E-state index in [9.17, 15) is 5.26 Å². The Bertz CT molecular complexity index is 76.5. The Balaban J connectivity index is 2.80. The lowest BCUT2D eigenvalue weighted by atomic mass is 10.1. The minimum absolute atomic E-state index is 0.681. The van der Waals surface area contributed by atoms with Gasteiger partial charge in [0.05, 0.1) is 0 Å². The summed E-state index contributed by atoms with van der Waals surface area (Å²) < 4.78 is 3.86. The third kappa shape index (κ3) is 10.1. The van der Waals surface area contributed by atoms with E-state index in [-0.39, 0.29) is 0 Å². The van der Waals surface area contributed by atoms with Crippen LogP contribution >= 0.6 is 0 Å². The van der Waals surface area contributed by atoms with E-state index >= 15 is 0 Å². The molecule has 0 fully saturated rings. The van der Waals surface area contributed by atoms with Crippen LogP contribution in [0.4, 0.5) is 0 Å². The van der Waals surface area contributed by atoms with Crippen LogP contribution in [0.25, 0.3) is 0 Å². The van der Waals surface area contributed by atoms with Gasteiger partial charge in [-0.05, 0) is 12.0 Å². The second-order valence-electron chi connectivity index (χ2n) is 3.42. The van der Waals surface area contributed by atoms with Crippen LogP contribution < -0.4 is 0 Å². The van der Waals surface area contributed by atoms with Gasteiger partial charge in [-0.2, -0.15) is 0 Å². The van der Waals surface area contributed by atoms with Crippen LogP contribution in [-0.4, -0.2) is 9.76 Å². The molecule has 3 heteroatoms. The molecular weight excluding hydrogens is 156 g/mol. The lowest BCUT2D eigenvalue weighted by molar-refractivity contribution is -0.210. The van der Waals surface area contributed by atoms with E-state index in [1.165, 1.54) is 25.7 Å². The Morgan fingerprint density at radius 2 is 2.00 bits per heavy atom. The van der Waals surface area contributed by atoms with Gasteiger partial charge in [-0.3, -0.25) is 4.58 Å². The molecule has 0 aromatic heterocycles. The first-order valence-electron chi connectivity index (χ1n) is 4.52. The molecule has 0 bridgehead atoms.